The Morgan fingerprint density at radius 1 is 0.595 bits per heavy atom. The number of fused-ring (bicyclic) bond motifs is 3. The third-order valence-corrected chi connectivity index (χ3v) is 8.52. The molecule has 37 heavy (non-hydrogen) atoms. The average molecular weight is 502 g/mol. The van der Waals surface area contributed by atoms with Crippen LogP contribution in [-0.2, 0) is 24.0 Å². The van der Waals surface area contributed by atoms with Crippen LogP contribution >= 0.6 is 0 Å². The van der Waals surface area contributed by atoms with E-state index in [-0.39, 0.29) is 19.7 Å². The van der Waals surface area contributed by atoms with Gasteiger partial charge in [-0.05, 0) is 58.9 Å². The smallest absolute Gasteiger partial charge is 0.407 e. The Kier molecular flexibility index (Phi) is 9.47. The van der Waals surface area contributed by atoms with E-state index in [2.05, 4.69) is 50.2 Å². The summed E-state index contributed by atoms with van der Waals surface area (Å²) in [7, 11) is -0.528. The van der Waals surface area contributed by atoms with Crippen molar-refractivity contribution in [3.63, 3.8) is 0 Å². The minimum atomic E-state index is -0.264. The van der Waals surface area contributed by atoms with Gasteiger partial charge < -0.3 is 18.6 Å². The summed E-state index contributed by atoms with van der Waals surface area (Å²) in [5.41, 5.74) is 8.05. The van der Waals surface area contributed by atoms with Crippen molar-refractivity contribution in [2.75, 3.05) is 26.4 Å². The number of hydrogen-bond donors (Lipinski definition) is 0. The third kappa shape index (κ3) is 5.88. The molecule has 0 N–H and O–H groups in total. The summed E-state index contributed by atoms with van der Waals surface area (Å²) >= 11 is 0. The standard InChI is InChI=1S/C31H44B2O4/c1-3-5-7-9-17-31(18-10-8-6-4-2)29-15-13-25(32-34-19-11-20-35-32)23-27(29)28-24-26(14-16-30(28)31)33-36-21-12-22-37-33/h13-16,23-24H,3-12,17-22H2,1-2H3. The van der Waals surface area contributed by atoms with Crippen molar-refractivity contribution in [1.29, 1.82) is 0 Å². The molecule has 2 saturated heterocycles. The first kappa shape index (κ1) is 27.0. The summed E-state index contributed by atoms with van der Waals surface area (Å²) in [4.78, 5) is 0. The van der Waals surface area contributed by atoms with Gasteiger partial charge in [0.05, 0.1) is 0 Å². The molecule has 0 aromatic heterocycles. The summed E-state index contributed by atoms with van der Waals surface area (Å²) in [5.74, 6) is 0. The molecule has 1 aliphatic carbocycles. The summed E-state index contributed by atoms with van der Waals surface area (Å²) in [6.07, 6.45) is 14.7. The topological polar surface area (TPSA) is 36.9 Å². The van der Waals surface area contributed by atoms with Crippen LogP contribution in [-0.4, -0.2) is 40.7 Å². The van der Waals surface area contributed by atoms with Crippen molar-refractivity contribution in [2.24, 2.45) is 0 Å². The van der Waals surface area contributed by atoms with E-state index in [1.807, 2.05) is 0 Å². The SMILES string of the molecule is CCCCCCC1(CCCCCC)c2ccc(B3OCCCO3)cc2-c2cc(B3OCCCO3)ccc21. The van der Waals surface area contributed by atoms with Gasteiger partial charge in [-0.15, -0.1) is 0 Å². The van der Waals surface area contributed by atoms with E-state index in [1.165, 1.54) is 86.5 Å². The van der Waals surface area contributed by atoms with E-state index in [1.54, 1.807) is 0 Å². The predicted molar refractivity (Wildman–Crippen MR) is 154 cm³/mol. The number of hydrogen-bond acceptors (Lipinski definition) is 4. The lowest BCUT2D eigenvalue weighted by Crippen LogP contribution is -2.41. The largest absolute Gasteiger partial charge is 0.493 e. The third-order valence-electron chi connectivity index (χ3n) is 8.52. The van der Waals surface area contributed by atoms with Crippen LogP contribution in [0.1, 0.15) is 102 Å². The van der Waals surface area contributed by atoms with E-state index >= 15 is 0 Å². The van der Waals surface area contributed by atoms with Crippen molar-refractivity contribution < 1.29 is 18.6 Å². The van der Waals surface area contributed by atoms with Gasteiger partial charge in [-0.1, -0.05) is 102 Å². The zero-order valence-electron chi connectivity index (χ0n) is 23.1. The maximum absolute atomic E-state index is 6.00. The van der Waals surface area contributed by atoms with E-state index in [0.29, 0.717) is 0 Å². The molecule has 2 heterocycles. The van der Waals surface area contributed by atoms with Crippen molar-refractivity contribution in [3.05, 3.63) is 47.5 Å². The molecule has 3 aliphatic rings. The van der Waals surface area contributed by atoms with Gasteiger partial charge in [0.25, 0.3) is 0 Å². The van der Waals surface area contributed by atoms with Gasteiger partial charge in [0.2, 0.25) is 0 Å². The minimum Gasteiger partial charge on any atom is -0.407 e. The summed E-state index contributed by atoms with van der Waals surface area (Å²) < 4.78 is 24.0. The second-order valence-corrected chi connectivity index (χ2v) is 11.2. The van der Waals surface area contributed by atoms with Crippen LogP contribution in [0.5, 0.6) is 0 Å². The molecule has 0 spiro atoms. The lowest BCUT2D eigenvalue weighted by atomic mass is 9.69. The first-order valence-corrected chi connectivity index (χ1v) is 15.0. The molecular formula is C31H44B2O4. The first-order valence-electron chi connectivity index (χ1n) is 15.0. The van der Waals surface area contributed by atoms with Crippen LogP contribution in [0.4, 0.5) is 0 Å². The highest BCUT2D eigenvalue weighted by molar-refractivity contribution is 6.62. The van der Waals surface area contributed by atoms with Gasteiger partial charge >= 0.3 is 14.2 Å². The minimum absolute atomic E-state index is 0.0752. The zero-order chi connectivity index (χ0) is 25.5. The van der Waals surface area contributed by atoms with E-state index in [9.17, 15) is 0 Å². The van der Waals surface area contributed by atoms with Crippen LogP contribution in [0.25, 0.3) is 11.1 Å². The fourth-order valence-corrected chi connectivity index (χ4v) is 6.57. The second kappa shape index (κ2) is 13.0. The summed E-state index contributed by atoms with van der Waals surface area (Å²) in [6.45, 7) is 7.65. The van der Waals surface area contributed by atoms with Crippen molar-refractivity contribution in [3.8, 4) is 11.1 Å². The summed E-state index contributed by atoms with van der Waals surface area (Å²) in [5, 5.41) is 0. The van der Waals surface area contributed by atoms with Crippen molar-refractivity contribution in [1.82, 2.24) is 0 Å². The molecule has 2 aliphatic heterocycles. The highest BCUT2D eigenvalue weighted by atomic mass is 16.6. The van der Waals surface area contributed by atoms with Crippen LogP contribution in [0.2, 0.25) is 0 Å². The Balaban J connectivity index is 1.56. The van der Waals surface area contributed by atoms with Gasteiger partial charge in [-0.25, -0.2) is 0 Å². The van der Waals surface area contributed by atoms with Gasteiger partial charge in [0, 0.05) is 31.8 Å². The second-order valence-electron chi connectivity index (χ2n) is 11.2. The molecular weight excluding hydrogens is 458 g/mol. The van der Waals surface area contributed by atoms with Gasteiger partial charge in [-0.2, -0.15) is 0 Å². The van der Waals surface area contributed by atoms with Crippen molar-refractivity contribution in [2.45, 2.75) is 96.3 Å². The average Bonchev–Trinajstić information content (AvgIpc) is 3.23. The monoisotopic (exact) mass is 502 g/mol. The van der Waals surface area contributed by atoms with Crippen LogP contribution in [0, 0.1) is 0 Å². The van der Waals surface area contributed by atoms with Gasteiger partial charge in [-0.3, -0.25) is 0 Å². The highest BCUT2D eigenvalue weighted by Crippen LogP contribution is 2.53. The Bertz CT molecular complexity index is 933. The maximum Gasteiger partial charge on any atom is 0.493 e. The molecule has 2 aromatic rings. The molecule has 5 rings (SSSR count). The molecule has 0 amide bonds. The van der Waals surface area contributed by atoms with E-state index in [4.69, 9.17) is 18.6 Å². The highest BCUT2D eigenvalue weighted by Gasteiger charge is 2.43. The molecule has 6 heteroatoms. The van der Waals surface area contributed by atoms with Crippen LogP contribution in [0.15, 0.2) is 36.4 Å². The quantitative estimate of drug-likeness (QED) is 0.258. The van der Waals surface area contributed by atoms with Crippen LogP contribution in [0.3, 0.4) is 0 Å². The zero-order valence-corrected chi connectivity index (χ0v) is 23.1. The Labute approximate surface area is 225 Å². The van der Waals surface area contributed by atoms with E-state index in [0.717, 1.165) is 50.2 Å². The molecule has 0 bridgehead atoms. The van der Waals surface area contributed by atoms with Gasteiger partial charge in [0.1, 0.15) is 0 Å². The van der Waals surface area contributed by atoms with Crippen molar-refractivity contribution >= 4 is 25.2 Å². The molecule has 2 fully saturated rings. The molecule has 4 nitrogen and oxygen atoms in total. The normalized spacial score (nSPS) is 18.6. The maximum atomic E-state index is 6.00. The fourth-order valence-electron chi connectivity index (χ4n) is 6.57. The summed E-state index contributed by atoms with van der Waals surface area (Å²) in [6, 6.07) is 14.0. The molecule has 198 valence electrons. The lowest BCUT2D eigenvalue weighted by molar-refractivity contribution is 0.143. The lowest BCUT2D eigenvalue weighted by Gasteiger charge is -2.33. The predicted octanol–water partition coefficient (Wildman–Crippen LogP) is 6.16. The molecule has 0 unspecified atom stereocenters. The Morgan fingerprint density at radius 3 is 1.43 bits per heavy atom. The number of benzene rings is 2. The number of unbranched alkanes of at least 4 members (excludes halogenated alkanes) is 6. The molecule has 0 saturated carbocycles. The molecule has 0 atom stereocenters. The van der Waals surface area contributed by atoms with E-state index < -0.39 is 0 Å². The molecule has 2 aromatic carbocycles. The number of rotatable bonds is 12. The Hall–Kier alpha value is -1.59. The van der Waals surface area contributed by atoms with Gasteiger partial charge in [0.15, 0.2) is 0 Å². The molecule has 0 radical (unpaired) electrons. The Morgan fingerprint density at radius 2 is 1.03 bits per heavy atom. The first-order chi connectivity index (χ1) is 18.3. The fraction of sp³-hybridized carbons (Fsp3) is 0.613. The van der Waals surface area contributed by atoms with Crippen LogP contribution < -0.4 is 10.9 Å².